The number of amides is 3. The molecule has 0 saturated heterocycles. The van der Waals surface area contributed by atoms with Gasteiger partial charge in [-0.25, -0.2) is 4.98 Å². The van der Waals surface area contributed by atoms with Crippen LogP contribution in [0, 0.1) is 6.92 Å². The normalized spacial score (nSPS) is 12.8. The Hall–Kier alpha value is -3.52. The number of rotatable bonds is 8. The lowest BCUT2D eigenvalue weighted by Crippen LogP contribution is -2.31. The minimum atomic E-state index is -0.304. The van der Waals surface area contributed by atoms with Gasteiger partial charge in [0.1, 0.15) is 5.75 Å². The smallest absolute Gasteiger partial charge is 0.261 e. The molecule has 0 atom stereocenters. The molecule has 1 N–H and O–H groups in total. The third kappa shape index (κ3) is 4.40. The van der Waals surface area contributed by atoms with Crippen molar-refractivity contribution < 1.29 is 19.1 Å². The number of aryl methyl sites for hydroxylation is 1. The lowest BCUT2D eigenvalue weighted by molar-refractivity contribution is -0.116. The monoisotopic (exact) mass is 449 g/mol. The molecule has 0 fully saturated rings. The first-order valence-electron chi connectivity index (χ1n) is 10.4. The molecule has 3 amide bonds. The molecule has 3 aromatic rings. The molecule has 0 saturated carbocycles. The van der Waals surface area contributed by atoms with E-state index >= 15 is 0 Å². The lowest BCUT2D eigenvalue weighted by Gasteiger charge is -2.13. The summed E-state index contributed by atoms with van der Waals surface area (Å²) in [5, 5.41) is 3.35. The second kappa shape index (κ2) is 9.32. The van der Waals surface area contributed by atoms with Crippen LogP contribution in [0.15, 0.2) is 48.5 Å². The van der Waals surface area contributed by atoms with Gasteiger partial charge in [-0.05, 0) is 56.7 Å². The predicted molar refractivity (Wildman–Crippen MR) is 123 cm³/mol. The molecular weight excluding hydrogens is 426 g/mol. The molecule has 1 aliphatic rings. The summed E-state index contributed by atoms with van der Waals surface area (Å²) in [5.74, 6) is -0.00701. The number of anilines is 1. The van der Waals surface area contributed by atoms with Crippen LogP contribution < -0.4 is 10.1 Å². The Morgan fingerprint density at radius 2 is 1.72 bits per heavy atom. The van der Waals surface area contributed by atoms with Crippen molar-refractivity contribution in [2.24, 2.45) is 0 Å². The van der Waals surface area contributed by atoms with Crippen LogP contribution >= 0.6 is 11.3 Å². The van der Waals surface area contributed by atoms with Gasteiger partial charge in [-0.2, -0.15) is 0 Å². The second-order valence-electron chi connectivity index (χ2n) is 7.34. The highest BCUT2D eigenvalue weighted by Crippen LogP contribution is 2.31. The summed E-state index contributed by atoms with van der Waals surface area (Å²) < 4.78 is 5.47. The van der Waals surface area contributed by atoms with Crippen LogP contribution in [-0.4, -0.2) is 40.8 Å². The molecule has 164 valence electrons. The van der Waals surface area contributed by atoms with Gasteiger partial charge in [0.15, 0.2) is 5.13 Å². The van der Waals surface area contributed by atoms with Gasteiger partial charge in [-0.1, -0.05) is 12.1 Å². The SMILES string of the molecule is CCOc1ccc(-c2nc(NC(=O)CCCN3C(=O)c4ccccc4C3=O)sc2C)cc1. The van der Waals surface area contributed by atoms with Gasteiger partial charge in [0.2, 0.25) is 5.91 Å². The Labute approximate surface area is 190 Å². The summed E-state index contributed by atoms with van der Waals surface area (Å²) in [4.78, 5) is 43.9. The summed E-state index contributed by atoms with van der Waals surface area (Å²) in [5.41, 5.74) is 2.61. The van der Waals surface area contributed by atoms with E-state index in [4.69, 9.17) is 4.74 Å². The van der Waals surface area contributed by atoms with Gasteiger partial charge < -0.3 is 10.1 Å². The molecule has 32 heavy (non-hydrogen) atoms. The van der Waals surface area contributed by atoms with E-state index in [0.29, 0.717) is 29.3 Å². The topological polar surface area (TPSA) is 88.6 Å². The third-order valence-corrected chi connectivity index (χ3v) is 6.03. The van der Waals surface area contributed by atoms with Crippen molar-refractivity contribution in [2.45, 2.75) is 26.7 Å². The van der Waals surface area contributed by atoms with E-state index in [1.54, 1.807) is 24.3 Å². The number of hydrogen-bond acceptors (Lipinski definition) is 6. The predicted octanol–water partition coefficient (Wildman–Crippen LogP) is 4.53. The average Bonchev–Trinajstić information content (AvgIpc) is 3.27. The molecule has 8 heteroatoms. The largest absolute Gasteiger partial charge is 0.494 e. The first kappa shape index (κ1) is 21.7. The fraction of sp³-hybridized carbons (Fsp3) is 0.250. The number of fused-ring (bicyclic) bond motifs is 1. The van der Waals surface area contributed by atoms with Crippen LogP contribution in [-0.2, 0) is 4.79 Å². The molecular formula is C24H23N3O4S. The van der Waals surface area contributed by atoms with Crippen molar-refractivity contribution in [1.82, 2.24) is 9.88 Å². The van der Waals surface area contributed by atoms with Gasteiger partial charge in [-0.15, -0.1) is 11.3 Å². The first-order valence-corrected chi connectivity index (χ1v) is 11.2. The van der Waals surface area contributed by atoms with Crippen LogP contribution in [0.4, 0.5) is 5.13 Å². The number of benzene rings is 2. The molecule has 7 nitrogen and oxygen atoms in total. The van der Waals surface area contributed by atoms with E-state index in [0.717, 1.165) is 21.9 Å². The highest BCUT2D eigenvalue weighted by Gasteiger charge is 2.34. The molecule has 2 heterocycles. The van der Waals surface area contributed by atoms with Crippen LogP contribution in [0.1, 0.15) is 45.4 Å². The molecule has 1 aliphatic heterocycles. The summed E-state index contributed by atoms with van der Waals surface area (Å²) in [6.45, 7) is 4.71. The van der Waals surface area contributed by atoms with Gasteiger partial charge in [0, 0.05) is 23.4 Å². The number of nitrogens with one attached hydrogen (secondary N) is 1. The van der Waals surface area contributed by atoms with Crippen molar-refractivity contribution in [3.05, 3.63) is 64.5 Å². The minimum Gasteiger partial charge on any atom is -0.494 e. The Balaban J connectivity index is 1.32. The maximum atomic E-state index is 12.4. The Morgan fingerprint density at radius 1 is 1.06 bits per heavy atom. The summed E-state index contributed by atoms with van der Waals surface area (Å²) in [7, 11) is 0. The highest BCUT2D eigenvalue weighted by atomic mass is 32.1. The zero-order chi connectivity index (χ0) is 22.7. The van der Waals surface area contributed by atoms with Crippen LogP contribution in [0.2, 0.25) is 0 Å². The maximum absolute atomic E-state index is 12.4. The van der Waals surface area contributed by atoms with E-state index in [1.165, 1.54) is 16.2 Å². The van der Waals surface area contributed by atoms with Crippen molar-refractivity contribution >= 4 is 34.2 Å². The third-order valence-electron chi connectivity index (χ3n) is 5.15. The molecule has 0 radical (unpaired) electrons. The maximum Gasteiger partial charge on any atom is 0.261 e. The van der Waals surface area contributed by atoms with E-state index in [-0.39, 0.29) is 30.7 Å². The number of thiazole rings is 1. The minimum absolute atomic E-state index is 0.185. The quantitative estimate of drug-likeness (QED) is 0.511. The number of hydrogen-bond donors (Lipinski definition) is 1. The van der Waals surface area contributed by atoms with E-state index < -0.39 is 0 Å². The Bertz CT molecular complexity index is 1140. The van der Waals surface area contributed by atoms with Gasteiger partial charge >= 0.3 is 0 Å². The summed E-state index contributed by atoms with van der Waals surface area (Å²) >= 11 is 1.41. The molecule has 1 aromatic heterocycles. The summed E-state index contributed by atoms with van der Waals surface area (Å²) in [6, 6.07) is 14.5. The van der Waals surface area contributed by atoms with Crippen LogP contribution in [0.3, 0.4) is 0 Å². The van der Waals surface area contributed by atoms with Gasteiger partial charge in [0.25, 0.3) is 11.8 Å². The first-order chi connectivity index (χ1) is 15.5. The van der Waals surface area contributed by atoms with Gasteiger partial charge in [0.05, 0.1) is 23.4 Å². The zero-order valence-corrected chi connectivity index (χ0v) is 18.7. The number of carbonyl (C=O) groups excluding carboxylic acids is 3. The van der Waals surface area contributed by atoms with Crippen molar-refractivity contribution in [3.63, 3.8) is 0 Å². The molecule has 0 unspecified atom stereocenters. The molecule has 2 aromatic carbocycles. The van der Waals surface area contributed by atoms with Crippen LogP contribution in [0.5, 0.6) is 5.75 Å². The Morgan fingerprint density at radius 3 is 2.34 bits per heavy atom. The number of ether oxygens (including phenoxy) is 1. The number of carbonyl (C=O) groups is 3. The number of aromatic nitrogens is 1. The van der Waals surface area contributed by atoms with Crippen molar-refractivity contribution in [3.8, 4) is 17.0 Å². The number of nitrogens with zero attached hydrogens (tertiary/aromatic N) is 2. The fourth-order valence-corrected chi connectivity index (χ4v) is 4.47. The molecule has 0 aliphatic carbocycles. The summed E-state index contributed by atoms with van der Waals surface area (Å²) in [6.07, 6.45) is 0.567. The lowest BCUT2D eigenvalue weighted by atomic mass is 10.1. The number of imide groups is 1. The van der Waals surface area contributed by atoms with E-state index in [1.807, 2.05) is 38.1 Å². The van der Waals surface area contributed by atoms with Gasteiger partial charge in [-0.3, -0.25) is 19.3 Å². The fourth-order valence-electron chi connectivity index (χ4n) is 3.62. The Kier molecular flexibility index (Phi) is 6.32. The average molecular weight is 450 g/mol. The standard InChI is InChI=1S/C24H23N3O4S/c1-3-31-17-12-10-16(11-13-17)21-15(2)32-24(26-21)25-20(28)9-6-14-27-22(29)18-7-4-5-8-19(18)23(27)30/h4-5,7-8,10-13H,3,6,9,14H2,1-2H3,(H,25,26,28). The van der Waals surface area contributed by atoms with Crippen LogP contribution in [0.25, 0.3) is 11.3 Å². The molecule has 0 bridgehead atoms. The molecule has 4 rings (SSSR count). The van der Waals surface area contributed by atoms with Crippen molar-refractivity contribution in [1.29, 1.82) is 0 Å². The zero-order valence-electron chi connectivity index (χ0n) is 17.9. The second-order valence-corrected chi connectivity index (χ2v) is 8.54. The molecule has 0 spiro atoms. The van der Waals surface area contributed by atoms with E-state index in [2.05, 4.69) is 10.3 Å². The highest BCUT2D eigenvalue weighted by molar-refractivity contribution is 7.16. The van der Waals surface area contributed by atoms with Crippen molar-refractivity contribution in [2.75, 3.05) is 18.5 Å². The van der Waals surface area contributed by atoms with E-state index in [9.17, 15) is 14.4 Å².